The zero-order chi connectivity index (χ0) is 16.2. The van der Waals surface area contributed by atoms with Crippen molar-refractivity contribution in [2.24, 2.45) is 0 Å². The van der Waals surface area contributed by atoms with Gasteiger partial charge in [0, 0.05) is 52.3 Å². The number of aryl methyl sites for hydroxylation is 1. The van der Waals surface area contributed by atoms with Crippen molar-refractivity contribution in [1.29, 1.82) is 0 Å². The lowest BCUT2D eigenvalue weighted by Crippen LogP contribution is -2.48. The second-order valence-electron chi connectivity index (χ2n) is 6.53. The number of aromatic nitrogens is 2. The molecule has 0 spiro atoms. The van der Waals surface area contributed by atoms with Crippen molar-refractivity contribution in [3.05, 3.63) is 11.9 Å². The molecule has 0 bridgehead atoms. The summed E-state index contributed by atoms with van der Waals surface area (Å²) in [5.74, 6) is 3.05. The van der Waals surface area contributed by atoms with Crippen molar-refractivity contribution in [3.8, 4) is 0 Å². The number of hydrogen-bond acceptors (Lipinski definition) is 5. The maximum Gasteiger partial charge on any atom is 0.219 e. The van der Waals surface area contributed by atoms with Crippen LogP contribution in [0.3, 0.4) is 0 Å². The van der Waals surface area contributed by atoms with Crippen LogP contribution in [0.25, 0.3) is 0 Å². The number of amides is 1. The number of carbonyl (C=O) groups is 1. The number of carbonyl (C=O) groups excluding carboxylic acids is 1. The second kappa shape index (κ2) is 7.15. The van der Waals surface area contributed by atoms with Crippen LogP contribution >= 0.6 is 0 Å². The van der Waals surface area contributed by atoms with E-state index >= 15 is 0 Å². The predicted octanol–water partition coefficient (Wildman–Crippen LogP) is 1.83. The topological polar surface area (TPSA) is 52.6 Å². The van der Waals surface area contributed by atoms with E-state index in [4.69, 9.17) is 0 Å². The maximum absolute atomic E-state index is 11.5. The van der Waals surface area contributed by atoms with Crippen LogP contribution in [-0.4, -0.2) is 60.0 Å². The summed E-state index contributed by atoms with van der Waals surface area (Å²) in [6.07, 6.45) is 5.13. The third-order valence-electron chi connectivity index (χ3n) is 4.79. The zero-order valence-corrected chi connectivity index (χ0v) is 14.3. The molecule has 3 heterocycles. The molecule has 3 rings (SSSR count). The Morgan fingerprint density at radius 1 is 0.870 bits per heavy atom. The molecule has 6 heteroatoms. The quantitative estimate of drug-likeness (QED) is 0.833. The molecule has 0 aromatic carbocycles. The van der Waals surface area contributed by atoms with E-state index in [0.29, 0.717) is 0 Å². The first-order valence-corrected chi connectivity index (χ1v) is 8.74. The van der Waals surface area contributed by atoms with Crippen LogP contribution < -0.4 is 9.80 Å². The summed E-state index contributed by atoms with van der Waals surface area (Å²) >= 11 is 0. The molecule has 2 fully saturated rings. The zero-order valence-electron chi connectivity index (χ0n) is 14.3. The van der Waals surface area contributed by atoms with Crippen LogP contribution in [0, 0.1) is 6.92 Å². The number of nitrogens with zero attached hydrogens (tertiary/aromatic N) is 5. The van der Waals surface area contributed by atoms with Gasteiger partial charge in [-0.25, -0.2) is 9.97 Å². The standard InChI is InChI=1S/C17H27N5O/c1-14-18-16(21-7-5-3-4-6-8-21)13-17(19-14)22-11-9-20(10-12-22)15(2)23/h13H,3-12H2,1-2H3. The lowest BCUT2D eigenvalue weighted by atomic mass is 10.2. The first kappa shape index (κ1) is 16.0. The molecule has 6 nitrogen and oxygen atoms in total. The minimum atomic E-state index is 0.161. The van der Waals surface area contributed by atoms with E-state index in [1.165, 1.54) is 25.7 Å². The summed E-state index contributed by atoms with van der Waals surface area (Å²) in [5.41, 5.74) is 0. The van der Waals surface area contributed by atoms with Crippen molar-refractivity contribution in [2.45, 2.75) is 39.5 Å². The van der Waals surface area contributed by atoms with Gasteiger partial charge in [-0.1, -0.05) is 12.8 Å². The second-order valence-corrected chi connectivity index (χ2v) is 6.53. The Kier molecular flexibility index (Phi) is 4.98. The molecule has 1 amide bonds. The molecule has 2 saturated heterocycles. The summed E-state index contributed by atoms with van der Waals surface area (Å²) in [7, 11) is 0. The lowest BCUT2D eigenvalue weighted by molar-refractivity contribution is -0.129. The van der Waals surface area contributed by atoms with Gasteiger partial charge in [0.15, 0.2) is 0 Å². The van der Waals surface area contributed by atoms with Gasteiger partial charge in [0.05, 0.1) is 0 Å². The van der Waals surface area contributed by atoms with Crippen molar-refractivity contribution < 1.29 is 4.79 Å². The highest BCUT2D eigenvalue weighted by molar-refractivity contribution is 5.73. The van der Waals surface area contributed by atoms with E-state index in [1.807, 2.05) is 11.8 Å². The van der Waals surface area contributed by atoms with E-state index in [-0.39, 0.29) is 5.91 Å². The Morgan fingerprint density at radius 2 is 1.39 bits per heavy atom. The molecule has 126 valence electrons. The van der Waals surface area contributed by atoms with Crippen LogP contribution in [0.2, 0.25) is 0 Å². The van der Waals surface area contributed by atoms with Crippen LogP contribution in [0.4, 0.5) is 11.6 Å². The molecule has 1 aromatic rings. The fourth-order valence-electron chi connectivity index (χ4n) is 3.41. The van der Waals surface area contributed by atoms with Crippen LogP contribution in [0.1, 0.15) is 38.4 Å². The Labute approximate surface area is 138 Å². The largest absolute Gasteiger partial charge is 0.356 e. The Bertz CT molecular complexity index is 546. The molecule has 2 aliphatic rings. The van der Waals surface area contributed by atoms with E-state index in [1.54, 1.807) is 6.92 Å². The molecule has 2 aliphatic heterocycles. The third-order valence-corrected chi connectivity index (χ3v) is 4.79. The average molecular weight is 317 g/mol. The average Bonchev–Trinajstić information content (AvgIpc) is 2.83. The van der Waals surface area contributed by atoms with Gasteiger partial charge >= 0.3 is 0 Å². The molecule has 0 unspecified atom stereocenters. The fourth-order valence-corrected chi connectivity index (χ4v) is 3.41. The third kappa shape index (κ3) is 3.92. The van der Waals surface area contributed by atoms with Crippen LogP contribution in [0.5, 0.6) is 0 Å². The van der Waals surface area contributed by atoms with Crippen molar-refractivity contribution >= 4 is 17.5 Å². The van der Waals surface area contributed by atoms with Gasteiger partial charge in [0.25, 0.3) is 0 Å². The Morgan fingerprint density at radius 3 is 1.91 bits per heavy atom. The van der Waals surface area contributed by atoms with E-state index in [0.717, 1.165) is 56.7 Å². The minimum Gasteiger partial charge on any atom is -0.356 e. The molecule has 1 aromatic heterocycles. The number of hydrogen-bond donors (Lipinski definition) is 0. The molecule has 0 saturated carbocycles. The number of rotatable bonds is 2. The van der Waals surface area contributed by atoms with Crippen LogP contribution in [0.15, 0.2) is 6.07 Å². The highest BCUT2D eigenvalue weighted by Crippen LogP contribution is 2.23. The van der Waals surface area contributed by atoms with Gasteiger partial charge in [-0.05, 0) is 19.8 Å². The highest BCUT2D eigenvalue weighted by atomic mass is 16.2. The molecule has 0 radical (unpaired) electrons. The van der Waals surface area contributed by atoms with Crippen molar-refractivity contribution in [1.82, 2.24) is 14.9 Å². The summed E-state index contributed by atoms with van der Waals surface area (Å²) in [5, 5.41) is 0. The Hall–Kier alpha value is -1.85. The van der Waals surface area contributed by atoms with Gasteiger partial charge in [-0.3, -0.25) is 4.79 Å². The Balaban J connectivity index is 1.74. The molecule has 0 aliphatic carbocycles. The monoisotopic (exact) mass is 317 g/mol. The van der Waals surface area contributed by atoms with E-state index < -0.39 is 0 Å². The van der Waals surface area contributed by atoms with Gasteiger partial charge in [0.2, 0.25) is 5.91 Å². The van der Waals surface area contributed by atoms with Gasteiger partial charge in [-0.2, -0.15) is 0 Å². The first-order chi connectivity index (χ1) is 11.1. The fraction of sp³-hybridized carbons (Fsp3) is 0.706. The SMILES string of the molecule is CC(=O)N1CCN(c2cc(N3CCCCCC3)nc(C)n2)CC1. The summed E-state index contributed by atoms with van der Waals surface area (Å²) in [6, 6.07) is 2.13. The smallest absolute Gasteiger partial charge is 0.219 e. The summed E-state index contributed by atoms with van der Waals surface area (Å²) in [4.78, 5) is 27.3. The van der Waals surface area contributed by atoms with E-state index in [9.17, 15) is 4.79 Å². The molecule has 0 N–H and O–H groups in total. The van der Waals surface area contributed by atoms with Crippen LogP contribution in [-0.2, 0) is 4.79 Å². The molecule has 23 heavy (non-hydrogen) atoms. The van der Waals surface area contributed by atoms with Gasteiger partial charge < -0.3 is 14.7 Å². The normalized spacial score (nSPS) is 19.7. The van der Waals surface area contributed by atoms with E-state index in [2.05, 4.69) is 25.8 Å². The number of piperazine rings is 1. The lowest BCUT2D eigenvalue weighted by Gasteiger charge is -2.35. The predicted molar refractivity (Wildman–Crippen MR) is 91.9 cm³/mol. The summed E-state index contributed by atoms with van der Waals surface area (Å²) in [6.45, 7) is 9.03. The molecular weight excluding hydrogens is 290 g/mol. The molecular formula is C17H27N5O. The minimum absolute atomic E-state index is 0.161. The van der Waals surface area contributed by atoms with Gasteiger partial charge in [-0.15, -0.1) is 0 Å². The highest BCUT2D eigenvalue weighted by Gasteiger charge is 2.21. The summed E-state index contributed by atoms with van der Waals surface area (Å²) < 4.78 is 0. The van der Waals surface area contributed by atoms with Crippen molar-refractivity contribution in [3.63, 3.8) is 0 Å². The van der Waals surface area contributed by atoms with Crippen molar-refractivity contribution in [2.75, 3.05) is 49.1 Å². The first-order valence-electron chi connectivity index (χ1n) is 8.74. The number of anilines is 2. The van der Waals surface area contributed by atoms with Gasteiger partial charge in [0.1, 0.15) is 17.5 Å². The molecule has 0 atom stereocenters. The maximum atomic E-state index is 11.5.